The third kappa shape index (κ3) is 4.11. The molecule has 3 nitrogen and oxygen atoms in total. The van der Waals surface area contributed by atoms with E-state index in [1.807, 2.05) is 16.8 Å². The maximum Gasteiger partial charge on any atom is 0.267 e. The number of amides is 1. The molecule has 0 atom stereocenters. The SMILES string of the molecule is CC(C)n1cc(Br)cc1C(=O)NCCC1CCCCC1. The zero-order valence-corrected chi connectivity index (χ0v) is 14.1. The van der Waals surface area contributed by atoms with Crippen molar-refractivity contribution in [3.05, 3.63) is 22.4 Å². The first-order chi connectivity index (χ1) is 9.58. The van der Waals surface area contributed by atoms with Gasteiger partial charge in [-0.2, -0.15) is 0 Å². The molecule has 1 aromatic rings. The van der Waals surface area contributed by atoms with Crippen LogP contribution in [0.25, 0.3) is 0 Å². The van der Waals surface area contributed by atoms with Crippen LogP contribution >= 0.6 is 15.9 Å². The zero-order chi connectivity index (χ0) is 14.5. The van der Waals surface area contributed by atoms with Crippen molar-refractivity contribution in [2.75, 3.05) is 6.54 Å². The van der Waals surface area contributed by atoms with Crippen LogP contribution in [0.5, 0.6) is 0 Å². The van der Waals surface area contributed by atoms with Gasteiger partial charge in [-0.1, -0.05) is 32.1 Å². The Labute approximate surface area is 130 Å². The Kier molecular flexibility index (Phi) is 5.70. The molecule has 1 aromatic heterocycles. The Balaban J connectivity index is 1.85. The van der Waals surface area contributed by atoms with Gasteiger partial charge in [-0.15, -0.1) is 0 Å². The number of hydrogen-bond acceptors (Lipinski definition) is 1. The molecule has 112 valence electrons. The molecule has 1 amide bonds. The maximum absolute atomic E-state index is 12.3. The van der Waals surface area contributed by atoms with Crippen molar-refractivity contribution < 1.29 is 4.79 Å². The number of rotatable bonds is 5. The van der Waals surface area contributed by atoms with Gasteiger partial charge in [0.2, 0.25) is 0 Å². The largest absolute Gasteiger partial charge is 0.351 e. The molecule has 1 heterocycles. The van der Waals surface area contributed by atoms with E-state index in [1.165, 1.54) is 32.1 Å². The first-order valence-corrected chi connectivity index (χ1v) is 8.53. The topological polar surface area (TPSA) is 34.0 Å². The highest BCUT2D eigenvalue weighted by molar-refractivity contribution is 9.10. The normalized spacial score (nSPS) is 16.6. The summed E-state index contributed by atoms with van der Waals surface area (Å²) < 4.78 is 2.98. The molecule has 1 saturated carbocycles. The van der Waals surface area contributed by atoms with Gasteiger partial charge in [0.25, 0.3) is 5.91 Å². The van der Waals surface area contributed by atoms with E-state index in [0.29, 0.717) is 6.04 Å². The zero-order valence-electron chi connectivity index (χ0n) is 12.5. The molecule has 0 saturated heterocycles. The molecular formula is C16H25BrN2O. The van der Waals surface area contributed by atoms with Gasteiger partial charge >= 0.3 is 0 Å². The van der Waals surface area contributed by atoms with Gasteiger partial charge in [-0.3, -0.25) is 4.79 Å². The lowest BCUT2D eigenvalue weighted by Gasteiger charge is -2.21. The summed E-state index contributed by atoms with van der Waals surface area (Å²) in [4.78, 5) is 12.3. The molecule has 0 aromatic carbocycles. The van der Waals surface area contributed by atoms with Gasteiger partial charge in [-0.25, -0.2) is 0 Å². The molecule has 0 unspecified atom stereocenters. The van der Waals surface area contributed by atoms with Crippen LogP contribution in [0, 0.1) is 5.92 Å². The number of aromatic nitrogens is 1. The number of carbonyl (C=O) groups excluding carboxylic acids is 1. The highest BCUT2D eigenvalue weighted by Crippen LogP contribution is 2.26. The molecule has 1 aliphatic rings. The summed E-state index contributed by atoms with van der Waals surface area (Å²) in [5.74, 6) is 0.855. The summed E-state index contributed by atoms with van der Waals surface area (Å²) in [6.45, 7) is 4.97. The van der Waals surface area contributed by atoms with E-state index >= 15 is 0 Å². The lowest BCUT2D eigenvalue weighted by molar-refractivity contribution is 0.0939. The lowest BCUT2D eigenvalue weighted by atomic mass is 9.87. The summed E-state index contributed by atoms with van der Waals surface area (Å²) in [6, 6.07) is 2.19. The van der Waals surface area contributed by atoms with Crippen LogP contribution in [0.15, 0.2) is 16.7 Å². The molecule has 4 heteroatoms. The summed E-state index contributed by atoms with van der Waals surface area (Å²) in [5.41, 5.74) is 0.746. The Bertz CT molecular complexity index is 447. The molecule has 0 radical (unpaired) electrons. The average Bonchev–Trinajstić information content (AvgIpc) is 2.82. The van der Waals surface area contributed by atoms with Crippen molar-refractivity contribution in [1.29, 1.82) is 0 Å². The molecular weight excluding hydrogens is 316 g/mol. The highest BCUT2D eigenvalue weighted by Gasteiger charge is 2.16. The summed E-state index contributed by atoms with van der Waals surface area (Å²) in [5, 5.41) is 3.07. The molecule has 2 rings (SSSR count). The van der Waals surface area contributed by atoms with Gasteiger partial charge in [0.05, 0.1) is 0 Å². The first kappa shape index (κ1) is 15.6. The van der Waals surface area contributed by atoms with Crippen molar-refractivity contribution in [2.24, 2.45) is 5.92 Å². The summed E-state index contributed by atoms with van der Waals surface area (Å²) in [7, 11) is 0. The standard InChI is InChI=1S/C16H25BrN2O/c1-12(2)19-11-14(17)10-15(19)16(20)18-9-8-13-6-4-3-5-7-13/h10-13H,3-9H2,1-2H3,(H,18,20). The molecule has 0 spiro atoms. The van der Waals surface area contributed by atoms with Crippen LogP contribution in [0.2, 0.25) is 0 Å². The number of halogens is 1. The smallest absolute Gasteiger partial charge is 0.267 e. The van der Waals surface area contributed by atoms with E-state index in [0.717, 1.165) is 29.1 Å². The van der Waals surface area contributed by atoms with Crippen LogP contribution in [-0.4, -0.2) is 17.0 Å². The summed E-state index contributed by atoms with van der Waals surface area (Å²) in [6.07, 6.45) is 9.88. The minimum absolute atomic E-state index is 0.0419. The lowest BCUT2D eigenvalue weighted by Crippen LogP contribution is -2.28. The fraction of sp³-hybridized carbons (Fsp3) is 0.688. The fourth-order valence-electron chi connectivity index (χ4n) is 3.01. The first-order valence-electron chi connectivity index (χ1n) is 7.73. The molecule has 1 N–H and O–H groups in total. The monoisotopic (exact) mass is 340 g/mol. The van der Waals surface area contributed by atoms with E-state index in [4.69, 9.17) is 0 Å². The van der Waals surface area contributed by atoms with Crippen LogP contribution in [0.3, 0.4) is 0 Å². The third-order valence-corrected chi connectivity index (χ3v) is 4.60. The van der Waals surface area contributed by atoms with Crippen molar-refractivity contribution in [1.82, 2.24) is 9.88 Å². The van der Waals surface area contributed by atoms with Crippen LogP contribution < -0.4 is 5.32 Å². The average molecular weight is 341 g/mol. The van der Waals surface area contributed by atoms with Crippen molar-refractivity contribution in [3.8, 4) is 0 Å². The Hall–Kier alpha value is -0.770. The molecule has 1 fully saturated rings. The molecule has 1 aliphatic carbocycles. The van der Waals surface area contributed by atoms with Gasteiger partial charge in [-0.05, 0) is 48.2 Å². The van der Waals surface area contributed by atoms with Crippen molar-refractivity contribution in [3.63, 3.8) is 0 Å². The Morgan fingerprint density at radius 1 is 1.40 bits per heavy atom. The van der Waals surface area contributed by atoms with E-state index in [9.17, 15) is 4.79 Å². The van der Waals surface area contributed by atoms with Crippen LogP contribution in [0.4, 0.5) is 0 Å². The predicted octanol–water partition coefficient (Wildman–Crippen LogP) is 4.53. The van der Waals surface area contributed by atoms with E-state index in [2.05, 4.69) is 35.1 Å². The number of carbonyl (C=O) groups is 1. The fourth-order valence-corrected chi connectivity index (χ4v) is 3.45. The minimum Gasteiger partial charge on any atom is -0.351 e. The molecule has 0 aliphatic heterocycles. The third-order valence-electron chi connectivity index (χ3n) is 4.17. The predicted molar refractivity (Wildman–Crippen MR) is 86.0 cm³/mol. The van der Waals surface area contributed by atoms with Gasteiger partial charge in [0, 0.05) is 23.3 Å². The van der Waals surface area contributed by atoms with E-state index in [1.54, 1.807) is 0 Å². The van der Waals surface area contributed by atoms with Crippen LogP contribution in [-0.2, 0) is 0 Å². The number of nitrogens with zero attached hydrogens (tertiary/aromatic N) is 1. The molecule has 20 heavy (non-hydrogen) atoms. The number of nitrogens with one attached hydrogen (secondary N) is 1. The second-order valence-electron chi connectivity index (χ2n) is 6.09. The second-order valence-corrected chi connectivity index (χ2v) is 7.01. The van der Waals surface area contributed by atoms with E-state index in [-0.39, 0.29) is 5.91 Å². The highest BCUT2D eigenvalue weighted by atomic mass is 79.9. The Morgan fingerprint density at radius 3 is 2.75 bits per heavy atom. The Morgan fingerprint density at radius 2 is 2.10 bits per heavy atom. The minimum atomic E-state index is 0.0419. The molecule has 0 bridgehead atoms. The second kappa shape index (κ2) is 7.30. The number of hydrogen-bond donors (Lipinski definition) is 1. The quantitative estimate of drug-likeness (QED) is 0.839. The van der Waals surface area contributed by atoms with Gasteiger partial charge in [0.1, 0.15) is 5.69 Å². The van der Waals surface area contributed by atoms with Crippen molar-refractivity contribution >= 4 is 21.8 Å². The van der Waals surface area contributed by atoms with Gasteiger partial charge < -0.3 is 9.88 Å². The maximum atomic E-state index is 12.3. The summed E-state index contributed by atoms with van der Waals surface area (Å²) >= 11 is 3.45. The van der Waals surface area contributed by atoms with Gasteiger partial charge in [0.15, 0.2) is 0 Å². The van der Waals surface area contributed by atoms with Crippen molar-refractivity contribution in [2.45, 2.75) is 58.4 Å². The van der Waals surface area contributed by atoms with E-state index < -0.39 is 0 Å². The van der Waals surface area contributed by atoms with Crippen LogP contribution in [0.1, 0.15) is 68.9 Å².